The van der Waals surface area contributed by atoms with E-state index >= 15 is 0 Å². The Morgan fingerprint density at radius 2 is 1.10 bits per heavy atom. The minimum atomic E-state index is -0.547. The van der Waals surface area contributed by atoms with E-state index in [1.165, 1.54) is 22.7 Å². The van der Waals surface area contributed by atoms with Crippen molar-refractivity contribution in [2.24, 2.45) is 9.98 Å². The zero-order chi connectivity index (χ0) is 29.5. The summed E-state index contributed by atoms with van der Waals surface area (Å²) in [5.41, 5.74) is 2.53. The predicted molar refractivity (Wildman–Crippen MR) is 155 cm³/mol. The molecule has 2 aromatic heterocycles. The molecule has 4 aromatic rings. The number of esters is 2. The summed E-state index contributed by atoms with van der Waals surface area (Å²) in [4.78, 5) is 58.5. The number of carbonyl (C=O) groups is 4. The Bertz CT molecular complexity index is 1630. The van der Waals surface area contributed by atoms with Crippen molar-refractivity contribution in [3.63, 3.8) is 0 Å². The number of hydrogen-bond acceptors (Lipinski definition) is 9. The van der Waals surface area contributed by atoms with Crippen molar-refractivity contribution < 1.29 is 33.4 Å². The highest BCUT2D eigenvalue weighted by molar-refractivity contribution is 7.16. The van der Waals surface area contributed by atoms with Gasteiger partial charge >= 0.3 is 11.9 Å². The molecule has 2 aromatic carbocycles. The van der Waals surface area contributed by atoms with Crippen molar-refractivity contribution in [1.29, 1.82) is 0 Å². The SMILES string of the molecule is CCOC(=O)c1ccc2c(c1)sc(=NC(=O)COCC(=O)N=c1sc3cc(C(=O)OCC)ccc3n1CC)n2CC. The van der Waals surface area contributed by atoms with Gasteiger partial charge in [0.1, 0.15) is 13.2 Å². The van der Waals surface area contributed by atoms with E-state index in [0.717, 1.165) is 20.4 Å². The minimum absolute atomic E-state index is 0.280. The third kappa shape index (κ3) is 6.87. The number of nitrogens with zero attached hydrogens (tertiary/aromatic N) is 4. The summed E-state index contributed by atoms with van der Waals surface area (Å²) < 4.78 is 20.8. The van der Waals surface area contributed by atoms with Gasteiger partial charge in [-0.2, -0.15) is 9.98 Å². The first-order valence-corrected chi connectivity index (χ1v) is 14.8. The van der Waals surface area contributed by atoms with E-state index < -0.39 is 37.0 Å². The van der Waals surface area contributed by atoms with Crippen molar-refractivity contribution >= 4 is 66.9 Å². The van der Waals surface area contributed by atoms with Gasteiger partial charge in [0.2, 0.25) is 0 Å². The highest BCUT2D eigenvalue weighted by atomic mass is 32.1. The van der Waals surface area contributed by atoms with Gasteiger partial charge in [0, 0.05) is 13.1 Å². The lowest BCUT2D eigenvalue weighted by molar-refractivity contribution is -0.127. The van der Waals surface area contributed by atoms with Crippen molar-refractivity contribution in [2.75, 3.05) is 26.4 Å². The van der Waals surface area contributed by atoms with E-state index in [1.54, 1.807) is 50.2 Å². The Labute approximate surface area is 243 Å². The fourth-order valence-corrected chi connectivity index (χ4v) is 6.42. The molecule has 0 unspecified atom stereocenters. The van der Waals surface area contributed by atoms with Gasteiger partial charge in [0.25, 0.3) is 11.8 Å². The quantitative estimate of drug-likeness (QED) is 0.255. The van der Waals surface area contributed by atoms with Crippen LogP contribution in [0, 0.1) is 0 Å². The predicted octanol–water partition coefficient (Wildman–Crippen LogP) is 3.68. The van der Waals surface area contributed by atoms with Crippen LogP contribution in [-0.4, -0.2) is 59.3 Å². The van der Waals surface area contributed by atoms with Crippen LogP contribution in [0.25, 0.3) is 20.4 Å². The number of amides is 2. The molecule has 4 rings (SSSR count). The fourth-order valence-electron chi connectivity index (χ4n) is 4.11. The molecule has 2 heterocycles. The molecular weight excluding hydrogens is 568 g/mol. The third-order valence-corrected chi connectivity index (χ3v) is 7.99. The molecule has 0 bridgehead atoms. The van der Waals surface area contributed by atoms with E-state index in [-0.39, 0.29) is 13.2 Å². The van der Waals surface area contributed by atoms with E-state index in [2.05, 4.69) is 9.98 Å². The monoisotopic (exact) mass is 598 g/mol. The second kappa shape index (κ2) is 13.6. The van der Waals surface area contributed by atoms with Gasteiger partial charge in [0.05, 0.1) is 44.8 Å². The van der Waals surface area contributed by atoms with Crippen LogP contribution in [0.5, 0.6) is 0 Å². The van der Waals surface area contributed by atoms with Gasteiger partial charge in [-0.1, -0.05) is 22.7 Å². The topological polar surface area (TPSA) is 131 Å². The van der Waals surface area contributed by atoms with Crippen LogP contribution < -0.4 is 9.60 Å². The zero-order valence-electron chi connectivity index (χ0n) is 23.2. The lowest BCUT2D eigenvalue weighted by atomic mass is 10.2. The standard InChI is InChI=1S/C28H30N4O7S2/c1-5-31-19-11-9-17(25(35)38-7-3)13-21(19)40-27(31)29-23(33)15-37-16-24(34)30-28-32(6-2)20-12-10-18(14-22(20)41-28)26(36)39-8-4/h9-14H,5-8,15-16H2,1-4H3. The Morgan fingerprint density at radius 3 is 1.46 bits per heavy atom. The summed E-state index contributed by atoms with van der Waals surface area (Å²) in [6.07, 6.45) is 0. The number of aromatic nitrogens is 2. The average molecular weight is 599 g/mol. The van der Waals surface area contributed by atoms with Crippen LogP contribution in [0.4, 0.5) is 0 Å². The van der Waals surface area contributed by atoms with Gasteiger partial charge in [-0.15, -0.1) is 0 Å². The van der Waals surface area contributed by atoms with Gasteiger partial charge in [0.15, 0.2) is 9.60 Å². The van der Waals surface area contributed by atoms with Crippen LogP contribution in [-0.2, 0) is 36.9 Å². The Morgan fingerprint density at radius 1 is 0.683 bits per heavy atom. The molecule has 0 aliphatic heterocycles. The van der Waals surface area contributed by atoms with Crippen LogP contribution in [0.15, 0.2) is 46.4 Å². The molecule has 0 radical (unpaired) electrons. The van der Waals surface area contributed by atoms with Crippen molar-refractivity contribution in [3.05, 3.63) is 57.1 Å². The van der Waals surface area contributed by atoms with Crippen molar-refractivity contribution in [1.82, 2.24) is 9.13 Å². The average Bonchev–Trinajstić information content (AvgIpc) is 3.48. The third-order valence-electron chi connectivity index (χ3n) is 5.91. The van der Waals surface area contributed by atoms with Gasteiger partial charge < -0.3 is 23.3 Å². The zero-order valence-corrected chi connectivity index (χ0v) is 24.8. The Balaban J connectivity index is 1.46. The van der Waals surface area contributed by atoms with E-state index in [0.29, 0.717) is 33.8 Å². The lowest BCUT2D eigenvalue weighted by Gasteiger charge is -2.03. The molecule has 0 spiro atoms. The number of aryl methyl sites for hydroxylation is 2. The van der Waals surface area contributed by atoms with Crippen LogP contribution >= 0.6 is 22.7 Å². The maximum atomic E-state index is 12.6. The normalized spacial score (nSPS) is 12.3. The van der Waals surface area contributed by atoms with E-state index in [4.69, 9.17) is 14.2 Å². The number of benzene rings is 2. The first-order chi connectivity index (χ1) is 19.8. The van der Waals surface area contributed by atoms with E-state index in [1.807, 2.05) is 23.0 Å². The number of rotatable bonds is 10. The number of ether oxygens (including phenoxy) is 3. The highest BCUT2D eigenvalue weighted by Crippen LogP contribution is 2.21. The first kappa shape index (κ1) is 30.0. The molecule has 0 saturated heterocycles. The number of carbonyl (C=O) groups excluding carboxylic acids is 4. The second-order valence-corrected chi connectivity index (χ2v) is 10.6. The summed E-state index contributed by atoms with van der Waals surface area (Å²) in [5, 5.41) is 0. The van der Waals surface area contributed by atoms with Gasteiger partial charge in [-0.3, -0.25) is 9.59 Å². The smallest absolute Gasteiger partial charge is 0.338 e. The molecule has 0 saturated carbocycles. The molecular formula is C28H30N4O7S2. The maximum Gasteiger partial charge on any atom is 0.338 e. The van der Waals surface area contributed by atoms with Crippen molar-refractivity contribution in [3.8, 4) is 0 Å². The molecule has 0 fully saturated rings. The molecule has 0 atom stereocenters. The molecule has 0 aliphatic rings. The minimum Gasteiger partial charge on any atom is -0.462 e. The number of thiazole rings is 2. The molecule has 0 N–H and O–H groups in total. The molecule has 0 aliphatic carbocycles. The molecule has 13 heteroatoms. The fraction of sp³-hybridized carbons (Fsp3) is 0.357. The summed E-state index contributed by atoms with van der Waals surface area (Å²) in [5.74, 6) is -1.92. The second-order valence-electron chi connectivity index (χ2n) is 8.57. The Hall–Kier alpha value is -3.94. The summed E-state index contributed by atoms with van der Waals surface area (Å²) in [7, 11) is 0. The van der Waals surface area contributed by atoms with Gasteiger partial charge in [-0.05, 0) is 64.1 Å². The molecule has 41 heavy (non-hydrogen) atoms. The molecule has 216 valence electrons. The summed E-state index contributed by atoms with van der Waals surface area (Å²) in [6.45, 7) is 8.26. The Kier molecular flexibility index (Phi) is 9.97. The van der Waals surface area contributed by atoms with Crippen LogP contribution in [0.3, 0.4) is 0 Å². The summed E-state index contributed by atoms with van der Waals surface area (Å²) >= 11 is 2.55. The number of fused-ring (bicyclic) bond motifs is 2. The van der Waals surface area contributed by atoms with Crippen LogP contribution in [0.1, 0.15) is 48.4 Å². The first-order valence-electron chi connectivity index (χ1n) is 13.1. The van der Waals surface area contributed by atoms with Gasteiger partial charge in [-0.25, -0.2) is 9.59 Å². The van der Waals surface area contributed by atoms with E-state index in [9.17, 15) is 19.2 Å². The molecule has 11 nitrogen and oxygen atoms in total. The number of hydrogen-bond donors (Lipinski definition) is 0. The van der Waals surface area contributed by atoms with Crippen LogP contribution in [0.2, 0.25) is 0 Å². The summed E-state index contributed by atoms with van der Waals surface area (Å²) in [6, 6.07) is 10.4. The lowest BCUT2D eigenvalue weighted by Crippen LogP contribution is -2.20. The largest absolute Gasteiger partial charge is 0.462 e. The van der Waals surface area contributed by atoms with Crippen molar-refractivity contribution in [2.45, 2.75) is 40.8 Å². The maximum absolute atomic E-state index is 12.6. The highest BCUT2D eigenvalue weighted by Gasteiger charge is 2.14. The molecule has 2 amide bonds.